The first kappa shape index (κ1) is 8.32. The third-order valence-electron chi connectivity index (χ3n) is 1.46. The molecule has 0 amide bonds. The summed E-state index contributed by atoms with van der Waals surface area (Å²) in [6, 6.07) is 0. The average Bonchev–Trinajstić information content (AvgIpc) is 2.01. The van der Waals surface area contributed by atoms with Gasteiger partial charge in [-0.25, -0.2) is 0 Å². The third-order valence-corrected chi connectivity index (χ3v) is 1.46. The molecule has 0 aromatic carbocycles. The molecule has 1 aliphatic heterocycles. The van der Waals surface area contributed by atoms with E-state index in [4.69, 9.17) is 15.3 Å². The first-order valence-corrected chi connectivity index (χ1v) is 3.10. The Kier molecular flexibility index (Phi) is 2.33. The highest BCUT2D eigenvalue weighted by Gasteiger charge is 2.34. The number of aliphatic hydroxyl groups is 3. The van der Waals surface area contributed by atoms with Crippen molar-refractivity contribution in [3.63, 3.8) is 0 Å². The van der Waals surface area contributed by atoms with Gasteiger partial charge in [-0.1, -0.05) is 0 Å². The molecule has 5 nitrogen and oxygen atoms in total. The fraction of sp³-hybridized carbons (Fsp3) is 0.667. The molecule has 0 saturated heterocycles. The van der Waals surface area contributed by atoms with Gasteiger partial charge in [0.05, 0.1) is 0 Å². The number of rotatable bonds is 1. The van der Waals surface area contributed by atoms with Crippen LogP contribution in [-0.4, -0.2) is 40.9 Å². The molecular weight excluding hydrogens is 152 g/mol. The molecule has 1 aliphatic rings. The molecule has 0 saturated carbocycles. The van der Waals surface area contributed by atoms with Gasteiger partial charge in [0.25, 0.3) is 0 Å². The van der Waals surface area contributed by atoms with Crippen LogP contribution in [0.15, 0.2) is 12.0 Å². The maximum atomic E-state index is 9.11. The minimum atomic E-state index is -1.33. The second-order valence-electron chi connectivity index (χ2n) is 2.22. The number of ether oxygens (including phenoxy) is 2. The van der Waals surface area contributed by atoms with Crippen LogP contribution in [0, 0.1) is 0 Å². The Morgan fingerprint density at radius 1 is 1.55 bits per heavy atom. The molecule has 0 bridgehead atoms. The SMILES string of the molecule is COC1OC=C(O)C(O)C1O. The minimum Gasteiger partial charge on any atom is -0.506 e. The Hall–Kier alpha value is -0.780. The Morgan fingerprint density at radius 3 is 2.73 bits per heavy atom. The summed E-state index contributed by atoms with van der Waals surface area (Å²) in [6.45, 7) is 0. The van der Waals surface area contributed by atoms with Crippen LogP contribution in [-0.2, 0) is 9.47 Å². The first-order chi connectivity index (χ1) is 5.16. The third kappa shape index (κ3) is 1.45. The van der Waals surface area contributed by atoms with Crippen molar-refractivity contribution in [1.29, 1.82) is 0 Å². The lowest BCUT2D eigenvalue weighted by molar-refractivity contribution is -0.192. The quantitative estimate of drug-likeness (QED) is 0.466. The molecule has 0 fully saturated rings. The Morgan fingerprint density at radius 2 is 2.18 bits per heavy atom. The van der Waals surface area contributed by atoms with Gasteiger partial charge in [-0.15, -0.1) is 0 Å². The summed E-state index contributed by atoms with van der Waals surface area (Å²) < 4.78 is 9.31. The molecule has 5 heteroatoms. The monoisotopic (exact) mass is 162 g/mol. The van der Waals surface area contributed by atoms with Crippen LogP contribution >= 0.6 is 0 Å². The van der Waals surface area contributed by atoms with Crippen molar-refractivity contribution in [2.24, 2.45) is 0 Å². The fourth-order valence-corrected chi connectivity index (χ4v) is 0.806. The van der Waals surface area contributed by atoms with Crippen LogP contribution in [0.4, 0.5) is 0 Å². The van der Waals surface area contributed by atoms with Gasteiger partial charge in [-0.2, -0.15) is 0 Å². The van der Waals surface area contributed by atoms with Gasteiger partial charge in [0.1, 0.15) is 18.5 Å². The van der Waals surface area contributed by atoms with E-state index in [2.05, 4.69) is 9.47 Å². The molecule has 1 rings (SSSR count). The zero-order valence-corrected chi connectivity index (χ0v) is 5.97. The van der Waals surface area contributed by atoms with Gasteiger partial charge in [0.15, 0.2) is 5.76 Å². The molecule has 11 heavy (non-hydrogen) atoms. The average molecular weight is 162 g/mol. The van der Waals surface area contributed by atoms with E-state index >= 15 is 0 Å². The van der Waals surface area contributed by atoms with E-state index in [0.29, 0.717) is 0 Å². The normalized spacial score (nSPS) is 37.7. The van der Waals surface area contributed by atoms with Gasteiger partial charge >= 0.3 is 0 Å². The molecule has 3 unspecified atom stereocenters. The summed E-state index contributed by atoms with van der Waals surface area (Å²) in [7, 11) is 1.33. The molecule has 3 atom stereocenters. The number of hydrogen-bond donors (Lipinski definition) is 3. The van der Waals surface area contributed by atoms with E-state index < -0.39 is 24.3 Å². The summed E-state index contributed by atoms with van der Waals surface area (Å²) >= 11 is 0. The van der Waals surface area contributed by atoms with Crippen LogP contribution in [0.25, 0.3) is 0 Å². The van der Waals surface area contributed by atoms with E-state index in [0.717, 1.165) is 6.26 Å². The standard InChI is InChI=1S/C6H10O5/c1-10-6-5(9)4(8)3(7)2-11-6/h2,4-9H,1H3. The number of aliphatic hydroxyl groups excluding tert-OH is 3. The Balaban J connectivity index is 2.68. The van der Waals surface area contributed by atoms with Gasteiger partial charge in [0.2, 0.25) is 6.29 Å². The van der Waals surface area contributed by atoms with Crippen LogP contribution in [0.2, 0.25) is 0 Å². The molecule has 3 N–H and O–H groups in total. The number of methoxy groups -OCH3 is 1. The zero-order chi connectivity index (χ0) is 8.43. The van der Waals surface area contributed by atoms with Crippen molar-refractivity contribution in [1.82, 2.24) is 0 Å². The van der Waals surface area contributed by atoms with Crippen molar-refractivity contribution in [2.75, 3.05) is 7.11 Å². The predicted octanol–water partition coefficient (Wildman–Crippen LogP) is -0.890. The van der Waals surface area contributed by atoms with Gasteiger partial charge in [-0.05, 0) is 0 Å². The molecule has 0 radical (unpaired) electrons. The highest BCUT2D eigenvalue weighted by Crippen LogP contribution is 2.16. The highest BCUT2D eigenvalue weighted by atomic mass is 16.7. The van der Waals surface area contributed by atoms with E-state index in [9.17, 15) is 0 Å². The highest BCUT2D eigenvalue weighted by molar-refractivity contribution is 5.01. The maximum Gasteiger partial charge on any atom is 0.228 e. The van der Waals surface area contributed by atoms with Crippen molar-refractivity contribution >= 4 is 0 Å². The summed E-state index contributed by atoms with van der Waals surface area (Å²) in [6.07, 6.45) is -2.54. The van der Waals surface area contributed by atoms with Crippen molar-refractivity contribution in [3.05, 3.63) is 12.0 Å². The van der Waals surface area contributed by atoms with E-state index in [1.807, 2.05) is 0 Å². The van der Waals surface area contributed by atoms with Crippen LogP contribution in [0.3, 0.4) is 0 Å². The first-order valence-electron chi connectivity index (χ1n) is 3.10. The summed E-state index contributed by atoms with van der Waals surface area (Å²) in [5, 5.41) is 27.0. The Labute approximate surface area is 63.5 Å². The molecular formula is C6H10O5. The van der Waals surface area contributed by atoms with Gasteiger partial charge < -0.3 is 24.8 Å². The van der Waals surface area contributed by atoms with Crippen molar-refractivity contribution in [3.8, 4) is 0 Å². The van der Waals surface area contributed by atoms with E-state index in [-0.39, 0.29) is 0 Å². The van der Waals surface area contributed by atoms with E-state index in [1.165, 1.54) is 7.11 Å². The fourth-order valence-electron chi connectivity index (χ4n) is 0.806. The van der Waals surface area contributed by atoms with Crippen LogP contribution < -0.4 is 0 Å². The van der Waals surface area contributed by atoms with Gasteiger partial charge in [0, 0.05) is 7.11 Å². The van der Waals surface area contributed by atoms with Crippen LogP contribution in [0.5, 0.6) is 0 Å². The second-order valence-corrected chi connectivity index (χ2v) is 2.22. The summed E-state index contributed by atoms with van der Waals surface area (Å²) in [5.41, 5.74) is 0. The predicted molar refractivity (Wildman–Crippen MR) is 34.6 cm³/mol. The molecule has 0 aromatic heterocycles. The lowest BCUT2D eigenvalue weighted by Crippen LogP contribution is -2.43. The van der Waals surface area contributed by atoms with Gasteiger partial charge in [-0.3, -0.25) is 0 Å². The smallest absolute Gasteiger partial charge is 0.228 e. The minimum absolute atomic E-state index is 0.397. The van der Waals surface area contributed by atoms with Crippen molar-refractivity contribution < 1.29 is 24.8 Å². The number of hydrogen-bond acceptors (Lipinski definition) is 5. The molecule has 0 aliphatic carbocycles. The Bertz CT molecular complexity index is 166. The van der Waals surface area contributed by atoms with Crippen molar-refractivity contribution in [2.45, 2.75) is 18.5 Å². The lowest BCUT2D eigenvalue weighted by Gasteiger charge is -2.28. The topological polar surface area (TPSA) is 79.2 Å². The van der Waals surface area contributed by atoms with E-state index in [1.54, 1.807) is 0 Å². The van der Waals surface area contributed by atoms with Crippen LogP contribution in [0.1, 0.15) is 0 Å². The maximum absolute atomic E-state index is 9.11. The zero-order valence-electron chi connectivity index (χ0n) is 5.97. The molecule has 0 aromatic rings. The molecule has 1 heterocycles. The molecule has 0 spiro atoms. The largest absolute Gasteiger partial charge is 0.506 e. The molecule has 64 valence electrons. The lowest BCUT2D eigenvalue weighted by atomic mass is 10.1. The summed E-state index contributed by atoms with van der Waals surface area (Å²) in [5.74, 6) is -0.397. The second kappa shape index (κ2) is 3.08. The summed E-state index contributed by atoms with van der Waals surface area (Å²) in [4.78, 5) is 0.